The van der Waals surface area contributed by atoms with Crippen molar-refractivity contribution >= 4 is 5.69 Å². The Morgan fingerprint density at radius 2 is 1.76 bits per heavy atom. The van der Waals surface area contributed by atoms with Gasteiger partial charge in [-0.25, -0.2) is 0 Å². The van der Waals surface area contributed by atoms with Crippen LogP contribution < -0.4 is 4.90 Å². The zero-order chi connectivity index (χ0) is 15.4. The summed E-state index contributed by atoms with van der Waals surface area (Å²) in [6.45, 7) is 3.36. The molecule has 0 saturated carbocycles. The maximum atomic E-state index is 9.14. The fourth-order valence-electron chi connectivity index (χ4n) is 2.42. The number of benzene rings is 1. The van der Waals surface area contributed by atoms with Crippen molar-refractivity contribution in [1.82, 2.24) is 4.90 Å². The van der Waals surface area contributed by atoms with Crippen molar-refractivity contribution in [2.75, 3.05) is 32.1 Å². The lowest BCUT2D eigenvalue weighted by atomic mass is 10.1. The Morgan fingerprint density at radius 1 is 1.14 bits per heavy atom. The quantitative estimate of drug-likeness (QED) is 0.780. The first-order chi connectivity index (χ1) is 10.0. The molecular formula is C17H18N4. The normalized spacial score (nSPS) is 15.8. The molecule has 4 nitrogen and oxygen atoms in total. The van der Waals surface area contributed by atoms with Crippen molar-refractivity contribution < 1.29 is 0 Å². The molecule has 0 spiro atoms. The molecule has 0 N–H and O–H groups in total. The molecule has 21 heavy (non-hydrogen) atoms. The van der Waals surface area contributed by atoms with Crippen LogP contribution in [-0.4, -0.2) is 32.1 Å². The summed E-state index contributed by atoms with van der Waals surface area (Å²) in [6, 6.07) is 12.3. The summed E-state index contributed by atoms with van der Waals surface area (Å²) >= 11 is 0. The van der Waals surface area contributed by atoms with Crippen LogP contribution in [0.25, 0.3) is 0 Å². The largest absolute Gasteiger partial charge is 0.383 e. The van der Waals surface area contributed by atoms with Crippen LogP contribution in [0.4, 0.5) is 5.69 Å². The molecule has 1 fully saturated rings. The van der Waals surface area contributed by atoms with Gasteiger partial charge in [0, 0.05) is 44.6 Å². The lowest BCUT2D eigenvalue weighted by Gasteiger charge is -2.17. The van der Waals surface area contributed by atoms with Gasteiger partial charge in [-0.2, -0.15) is 10.5 Å². The second-order valence-corrected chi connectivity index (χ2v) is 5.39. The van der Waals surface area contributed by atoms with Gasteiger partial charge in [0.1, 0.15) is 17.7 Å². The highest BCUT2D eigenvalue weighted by molar-refractivity contribution is 5.61. The van der Waals surface area contributed by atoms with Crippen LogP contribution in [0.1, 0.15) is 5.56 Å². The summed E-state index contributed by atoms with van der Waals surface area (Å²) in [7, 11) is 3.88. The summed E-state index contributed by atoms with van der Waals surface area (Å²) in [5, 5.41) is 18.3. The van der Waals surface area contributed by atoms with Crippen molar-refractivity contribution in [3.05, 3.63) is 52.7 Å². The molecule has 0 aliphatic carbocycles. The Balaban J connectivity index is 2.40. The Kier molecular flexibility index (Phi) is 4.30. The zero-order valence-electron chi connectivity index (χ0n) is 12.6. The van der Waals surface area contributed by atoms with E-state index in [0.717, 1.165) is 16.8 Å². The summed E-state index contributed by atoms with van der Waals surface area (Å²) in [6.07, 6.45) is 1.98. The van der Waals surface area contributed by atoms with Gasteiger partial charge in [0.2, 0.25) is 0 Å². The van der Waals surface area contributed by atoms with E-state index in [-0.39, 0.29) is 5.57 Å². The predicted molar refractivity (Wildman–Crippen MR) is 83.4 cm³/mol. The predicted octanol–water partition coefficient (Wildman–Crippen LogP) is 2.60. The van der Waals surface area contributed by atoms with E-state index in [0.29, 0.717) is 13.1 Å². The average Bonchev–Trinajstić information content (AvgIpc) is 2.84. The van der Waals surface area contributed by atoms with Crippen LogP contribution >= 0.6 is 0 Å². The molecule has 0 radical (unpaired) electrons. The van der Waals surface area contributed by atoms with Gasteiger partial charge in [-0.05, 0) is 24.6 Å². The molecule has 4 heteroatoms. The second kappa shape index (κ2) is 6.15. The van der Waals surface area contributed by atoms with Gasteiger partial charge in [-0.15, -0.1) is 0 Å². The third-order valence-corrected chi connectivity index (χ3v) is 3.44. The minimum atomic E-state index is 0.206. The molecular weight excluding hydrogens is 260 g/mol. The first-order valence-corrected chi connectivity index (χ1v) is 6.77. The SMILES string of the molecule is Cc1ccc(N2CC(=CN(C)C)C(=C(C#N)C#N)C2)cc1. The number of hydrogen-bond acceptors (Lipinski definition) is 4. The van der Waals surface area contributed by atoms with Crippen molar-refractivity contribution in [3.8, 4) is 12.1 Å². The molecule has 0 aromatic heterocycles. The van der Waals surface area contributed by atoms with E-state index in [1.807, 2.05) is 37.3 Å². The molecule has 1 heterocycles. The van der Waals surface area contributed by atoms with Crippen molar-refractivity contribution in [1.29, 1.82) is 10.5 Å². The average molecular weight is 278 g/mol. The molecule has 1 aliphatic rings. The van der Waals surface area contributed by atoms with Gasteiger partial charge in [-0.3, -0.25) is 0 Å². The van der Waals surface area contributed by atoms with Crippen LogP contribution in [0.15, 0.2) is 47.2 Å². The van der Waals surface area contributed by atoms with Crippen LogP contribution in [0.3, 0.4) is 0 Å². The summed E-state index contributed by atoms with van der Waals surface area (Å²) < 4.78 is 0. The van der Waals surface area contributed by atoms with E-state index in [1.165, 1.54) is 5.56 Å². The molecule has 1 aliphatic heterocycles. The van der Waals surface area contributed by atoms with Crippen molar-refractivity contribution in [3.63, 3.8) is 0 Å². The fraction of sp³-hybridized carbons (Fsp3) is 0.294. The highest BCUT2D eigenvalue weighted by atomic mass is 15.2. The number of rotatable bonds is 2. The number of hydrogen-bond donors (Lipinski definition) is 0. The summed E-state index contributed by atoms with van der Waals surface area (Å²) in [5.74, 6) is 0. The van der Waals surface area contributed by atoms with E-state index in [2.05, 4.69) is 36.1 Å². The van der Waals surface area contributed by atoms with E-state index < -0.39 is 0 Å². The standard InChI is InChI=1S/C17H18N4/c1-13-4-6-16(7-5-13)21-11-15(10-20(2)3)17(12-21)14(8-18)9-19/h4-7,10H,11-12H2,1-3H3. The minimum absolute atomic E-state index is 0.206. The molecule has 0 bridgehead atoms. The molecule has 1 aromatic carbocycles. The van der Waals surface area contributed by atoms with Crippen molar-refractivity contribution in [2.45, 2.75) is 6.92 Å². The van der Waals surface area contributed by atoms with Crippen LogP contribution in [0.2, 0.25) is 0 Å². The minimum Gasteiger partial charge on any atom is -0.383 e. The highest BCUT2D eigenvalue weighted by Gasteiger charge is 2.25. The smallest absolute Gasteiger partial charge is 0.135 e. The molecule has 1 aromatic rings. The van der Waals surface area contributed by atoms with Crippen LogP contribution in [0.5, 0.6) is 0 Å². The van der Waals surface area contributed by atoms with Crippen LogP contribution in [-0.2, 0) is 0 Å². The monoisotopic (exact) mass is 278 g/mol. The van der Waals surface area contributed by atoms with Gasteiger partial charge in [0.05, 0.1) is 0 Å². The van der Waals surface area contributed by atoms with Gasteiger partial charge < -0.3 is 9.80 Å². The van der Waals surface area contributed by atoms with Crippen LogP contribution in [0, 0.1) is 29.6 Å². The van der Waals surface area contributed by atoms with Gasteiger partial charge >= 0.3 is 0 Å². The van der Waals surface area contributed by atoms with E-state index in [4.69, 9.17) is 10.5 Å². The lowest BCUT2D eigenvalue weighted by molar-refractivity contribution is 0.559. The second-order valence-electron chi connectivity index (χ2n) is 5.39. The zero-order valence-corrected chi connectivity index (χ0v) is 12.6. The molecule has 0 unspecified atom stereocenters. The number of nitrogens with zero attached hydrogens (tertiary/aromatic N) is 4. The van der Waals surface area contributed by atoms with Gasteiger partial charge in [0.15, 0.2) is 0 Å². The first-order valence-electron chi connectivity index (χ1n) is 6.77. The molecule has 106 valence electrons. The summed E-state index contributed by atoms with van der Waals surface area (Å²) in [4.78, 5) is 4.12. The number of aryl methyl sites for hydroxylation is 1. The Labute approximate surface area is 125 Å². The maximum Gasteiger partial charge on any atom is 0.135 e. The Morgan fingerprint density at radius 3 is 2.29 bits per heavy atom. The molecule has 0 amide bonds. The third-order valence-electron chi connectivity index (χ3n) is 3.44. The lowest BCUT2D eigenvalue weighted by Crippen LogP contribution is -2.18. The van der Waals surface area contributed by atoms with E-state index in [1.54, 1.807) is 0 Å². The van der Waals surface area contributed by atoms with E-state index in [9.17, 15) is 0 Å². The van der Waals surface area contributed by atoms with Crippen molar-refractivity contribution in [2.24, 2.45) is 0 Å². The number of nitriles is 2. The molecule has 1 saturated heterocycles. The summed E-state index contributed by atoms with van der Waals surface area (Å²) in [5.41, 5.74) is 4.38. The topological polar surface area (TPSA) is 54.1 Å². The molecule has 0 atom stereocenters. The maximum absolute atomic E-state index is 9.14. The molecule has 2 rings (SSSR count). The highest BCUT2D eigenvalue weighted by Crippen LogP contribution is 2.29. The first kappa shape index (κ1) is 14.7. The van der Waals surface area contributed by atoms with Gasteiger partial charge in [-0.1, -0.05) is 17.7 Å². The Hall–Kier alpha value is -2.72. The third kappa shape index (κ3) is 3.24. The number of allylic oxidation sites excluding steroid dienone is 1. The Bertz CT molecular complexity index is 650. The fourth-order valence-corrected chi connectivity index (χ4v) is 2.42. The number of anilines is 1. The van der Waals surface area contributed by atoms with Gasteiger partial charge in [0.25, 0.3) is 0 Å². The van der Waals surface area contributed by atoms with E-state index >= 15 is 0 Å².